The van der Waals surface area contributed by atoms with Crippen molar-refractivity contribution in [2.75, 3.05) is 30.5 Å². The van der Waals surface area contributed by atoms with E-state index in [0.717, 1.165) is 5.56 Å². The third-order valence-electron chi connectivity index (χ3n) is 5.94. The van der Waals surface area contributed by atoms with Crippen LogP contribution in [0.3, 0.4) is 0 Å². The maximum atomic E-state index is 13.3. The molecule has 0 fully saturated rings. The first-order valence-electron chi connectivity index (χ1n) is 11.4. The van der Waals surface area contributed by atoms with Crippen molar-refractivity contribution >= 4 is 17.7 Å². The lowest BCUT2D eigenvalue weighted by atomic mass is 9.79. The minimum Gasteiger partial charge on any atom is -0.489 e. The monoisotopic (exact) mass is 485 g/mol. The van der Waals surface area contributed by atoms with Crippen molar-refractivity contribution in [1.29, 1.82) is 5.26 Å². The van der Waals surface area contributed by atoms with Gasteiger partial charge in [-0.1, -0.05) is 36.9 Å². The van der Waals surface area contributed by atoms with Gasteiger partial charge in [0.05, 0.1) is 11.6 Å². The Morgan fingerprint density at radius 2 is 2.00 bits per heavy atom. The Morgan fingerprint density at radius 1 is 1.19 bits per heavy atom. The summed E-state index contributed by atoms with van der Waals surface area (Å²) < 4.78 is 16.9. The van der Waals surface area contributed by atoms with Gasteiger partial charge in [0.1, 0.15) is 37.3 Å². The third kappa shape index (κ3) is 4.34. The largest absolute Gasteiger partial charge is 0.489 e. The highest BCUT2D eigenvalue weighted by molar-refractivity contribution is 5.98. The van der Waals surface area contributed by atoms with Crippen LogP contribution in [0.15, 0.2) is 59.9 Å². The van der Waals surface area contributed by atoms with Crippen molar-refractivity contribution < 1.29 is 19.0 Å². The van der Waals surface area contributed by atoms with Crippen LogP contribution in [-0.2, 0) is 11.3 Å². The summed E-state index contributed by atoms with van der Waals surface area (Å²) in [7, 11) is 0. The number of carbonyl (C=O) groups is 1. The summed E-state index contributed by atoms with van der Waals surface area (Å²) in [6.07, 6.45) is 1.59. The molecule has 2 aliphatic rings. The Morgan fingerprint density at radius 3 is 2.81 bits per heavy atom. The molecule has 5 rings (SSSR count). The predicted octanol–water partition coefficient (Wildman–Crippen LogP) is 2.94. The molecule has 2 aliphatic heterocycles. The van der Waals surface area contributed by atoms with Crippen LogP contribution in [0.2, 0.25) is 0 Å². The summed E-state index contributed by atoms with van der Waals surface area (Å²) in [5.41, 5.74) is 1.17. The Balaban J connectivity index is 1.47. The number of nitrogens with one attached hydrogen (secondary N) is 3. The van der Waals surface area contributed by atoms with E-state index in [-0.39, 0.29) is 23.9 Å². The average Bonchev–Trinajstić information content (AvgIpc) is 2.90. The van der Waals surface area contributed by atoms with Crippen LogP contribution >= 0.6 is 0 Å². The first-order valence-corrected chi connectivity index (χ1v) is 11.4. The molecule has 3 aromatic rings. The predicted molar refractivity (Wildman–Crippen MR) is 131 cm³/mol. The maximum absolute atomic E-state index is 13.3. The summed E-state index contributed by atoms with van der Waals surface area (Å²) in [6, 6.07) is 14.6. The van der Waals surface area contributed by atoms with Crippen LogP contribution in [0.4, 0.5) is 11.8 Å². The van der Waals surface area contributed by atoms with E-state index < -0.39 is 23.3 Å². The lowest BCUT2D eigenvalue weighted by Gasteiger charge is -2.29. The fraction of sp³-hybridized carbons (Fsp3) is 0.231. The highest BCUT2D eigenvalue weighted by Gasteiger charge is 2.41. The molecule has 0 radical (unpaired) electrons. The van der Waals surface area contributed by atoms with Crippen molar-refractivity contribution in [1.82, 2.24) is 9.97 Å². The number of rotatable bonds is 7. The number of nitrogens with zero attached hydrogens (tertiary/aromatic N) is 2. The minimum absolute atomic E-state index is 0.100. The van der Waals surface area contributed by atoms with Crippen molar-refractivity contribution in [2.24, 2.45) is 5.92 Å². The SMILES string of the molecule is C=CCOc1ccccc1C1c2c(nc(NCc3ccc4c(c3)OCCO4)[nH]c2=O)NC(=O)C1C#N. The van der Waals surface area contributed by atoms with Gasteiger partial charge in [-0.25, -0.2) is 0 Å². The number of anilines is 2. The second kappa shape index (κ2) is 9.84. The zero-order valence-corrected chi connectivity index (χ0v) is 19.2. The number of para-hydroxylation sites is 1. The Bertz CT molecular complexity index is 1430. The topological polar surface area (TPSA) is 138 Å². The number of nitriles is 1. The van der Waals surface area contributed by atoms with Crippen molar-refractivity contribution in [2.45, 2.75) is 12.5 Å². The number of hydrogen-bond acceptors (Lipinski definition) is 8. The van der Waals surface area contributed by atoms with Gasteiger partial charge < -0.3 is 24.8 Å². The standard InChI is InChI=1S/C26H23N5O5/c1-2-9-34-18-6-4-3-5-16(18)21-17(13-27)24(32)29-23-22(21)25(33)31-26(30-23)28-14-15-7-8-19-20(12-15)36-11-10-35-19/h2-8,12,17,21H,1,9-11,14H2,(H3,28,29,30,31,32,33). The molecule has 3 heterocycles. The summed E-state index contributed by atoms with van der Waals surface area (Å²) >= 11 is 0. The van der Waals surface area contributed by atoms with Crippen LogP contribution in [-0.4, -0.2) is 35.7 Å². The van der Waals surface area contributed by atoms with E-state index in [1.54, 1.807) is 30.3 Å². The van der Waals surface area contributed by atoms with Crippen LogP contribution in [0, 0.1) is 17.2 Å². The van der Waals surface area contributed by atoms with E-state index in [0.29, 0.717) is 42.6 Å². The number of carbonyl (C=O) groups excluding carboxylic acids is 1. The van der Waals surface area contributed by atoms with Gasteiger partial charge >= 0.3 is 0 Å². The fourth-order valence-corrected chi connectivity index (χ4v) is 4.33. The number of benzene rings is 2. The smallest absolute Gasteiger partial charge is 0.258 e. The first-order chi connectivity index (χ1) is 17.6. The molecule has 0 aliphatic carbocycles. The molecule has 182 valence electrons. The van der Waals surface area contributed by atoms with Crippen molar-refractivity contribution in [3.63, 3.8) is 0 Å². The number of ether oxygens (including phenoxy) is 3. The van der Waals surface area contributed by atoms with Crippen molar-refractivity contribution in [3.8, 4) is 23.3 Å². The summed E-state index contributed by atoms with van der Waals surface area (Å²) in [4.78, 5) is 33.3. The Labute approximate surface area is 206 Å². The van der Waals surface area contributed by atoms with E-state index in [4.69, 9.17) is 14.2 Å². The normalized spacial score (nSPS) is 17.8. The molecule has 0 saturated heterocycles. The lowest BCUT2D eigenvalue weighted by Crippen LogP contribution is -2.38. The first kappa shape index (κ1) is 23.0. The summed E-state index contributed by atoms with van der Waals surface area (Å²) in [5, 5.41) is 15.5. The van der Waals surface area contributed by atoms with Gasteiger partial charge in [0, 0.05) is 18.0 Å². The second-order valence-electron chi connectivity index (χ2n) is 8.22. The van der Waals surface area contributed by atoms with E-state index in [2.05, 4.69) is 27.2 Å². The van der Waals surface area contributed by atoms with Crippen LogP contribution in [0.25, 0.3) is 0 Å². The average molecular weight is 486 g/mol. The number of aromatic nitrogens is 2. The fourth-order valence-electron chi connectivity index (χ4n) is 4.33. The molecule has 2 aromatic carbocycles. The molecule has 0 spiro atoms. The number of amides is 1. The lowest BCUT2D eigenvalue weighted by molar-refractivity contribution is -0.119. The van der Waals surface area contributed by atoms with Gasteiger partial charge in [0.2, 0.25) is 11.9 Å². The zero-order chi connectivity index (χ0) is 25.1. The molecule has 0 saturated carbocycles. The van der Waals surface area contributed by atoms with E-state index in [1.807, 2.05) is 24.3 Å². The number of H-pyrrole nitrogens is 1. The molecule has 1 amide bonds. The van der Waals surface area contributed by atoms with Gasteiger partial charge in [-0.2, -0.15) is 10.2 Å². The molecule has 36 heavy (non-hydrogen) atoms. The molecule has 3 N–H and O–H groups in total. The van der Waals surface area contributed by atoms with Gasteiger partial charge in [-0.05, 0) is 23.8 Å². The van der Waals surface area contributed by atoms with E-state index in [9.17, 15) is 14.9 Å². The number of aromatic amines is 1. The number of hydrogen-bond donors (Lipinski definition) is 3. The molecule has 10 heteroatoms. The molecule has 2 unspecified atom stereocenters. The molecule has 10 nitrogen and oxygen atoms in total. The zero-order valence-electron chi connectivity index (χ0n) is 19.2. The number of fused-ring (bicyclic) bond motifs is 2. The highest BCUT2D eigenvalue weighted by Crippen LogP contribution is 2.41. The summed E-state index contributed by atoms with van der Waals surface area (Å²) in [5.74, 6) is -0.449. The molecular weight excluding hydrogens is 462 g/mol. The quantitative estimate of drug-likeness (QED) is 0.434. The molecule has 1 aromatic heterocycles. The van der Waals surface area contributed by atoms with Crippen LogP contribution in [0.5, 0.6) is 17.2 Å². The Kier molecular flexibility index (Phi) is 6.28. The van der Waals surface area contributed by atoms with E-state index >= 15 is 0 Å². The maximum Gasteiger partial charge on any atom is 0.258 e. The Hall–Kier alpha value is -4.78. The van der Waals surface area contributed by atoms with Gasteiger partial charge in [0.25, 0.3) is 5.56 Å². The minimum atomic E-state index is -1.13. The van der Waals surface area contributed by atoms with E-state index in [1.165, 1.54) is 0 Å². The van der Waals surface area contributed by atoms with Crippen molar-refractivity contribution in [3.05, 3.63) is 82.2 Å². The highest BCUT2D eigenvalue weighted by atomic mass is 16.6. The van der Waals surface area contributed by atoms with Crippen LogP contribution in [0.1, 0.15) is 22.6 Å². The van der Waals surface area contributed by atoms with Gasteiger partial charge in [-0.3, -0.25) is 14.6 Å². The van der Waals surface area contributed by atoms with Crippen LogP contribution < -0.4 is 30.4 Å². The molecule has 2 atom stereocenters. The summed E-state index contributed by atoms with van der Waals surface area (Å²) in [6.45, 7) is 5.22. The molecular formula is C26H23N5O5. The van der Waals surface area contributed by atoms with Gasteiger partial charge in [0.15, 0.2) is 11.5 Å². The second-order valence-corrected chi connectivity index (χ2v) is 8.22. The van der Waals surface area contributed by atoms with Gasteiger partial charge in [-0.15, -0.1) is 0 Å². The third-order valence-corrected chi connectivity index (χ3v) is 5.94. The molecule has 0 bridgehead atoms.